The van der Waals surface area contributed by atoms with Crippen LogP contribution in [-0.4, -0.2) is 16.6 Å². The fraction of sp³-hybridized carbons (Fsp3) is 0.231. The summed E-state index contributed by atoms with van der Waals surface area (Å²) in [4.78, 5) is 16.6. The average molecular weight is 262 g/mol. The molecule has 1 heterocycles. The number of carbonyl (C=O) groups is 1. The second kappa shape index (κ2) is 5.64. The summed E-state index contributed by atoms with van der Waals surface area (Å²) in [6.45, 7) is 1.70. The van der Waals surface area contributed by atoms with E-state index in [0.29, 0.717) is 10.6 Å². The molecule has 4 nitrogen and oxygen atoms in total. The van der Waals surface area contributed by atoms with Crippen molar-refractivity contribution in [3.05, 3.63) is 46.7 Å². The lowest BCUT2D eigenvalue weighted by Crippen LogP contribution is -2.25. The lowest BCUT2D eigenvalue weighted by molar-refractivity contribution is -0.124. The first-order chi connectivity index (χ1) is 8.66. The molecule has 0 aliphatic carbocycles. The Hall–Kier alpha value is -1.88. The number of carbonyl (C=O) groups excluding carboxylic acids is 1. The number of para-hydroxylation sites is 1. The molecule has 0 saturated heterocycles. The van der Waals surface area contributed by atoms with Crippen molar-refractivity contribution in [1.29, 1.82) is 0 Å². The molecule has 0 N–H and O–H groups in total. The molecule has 0 radical (unpaired) electrons. The normalized spacial score (nSPS) is 13.3. The van der Waals surface area contributed by atoms with Crippen LogP contribution < -0.4 is 9.54 Å². The van der Waals surface area contributed by atoms with E-state index in [1.807, 2.05) is 49.0 Å². The highest BCUT2D eigenvalue weighted by molar-refractivity contribution is 7.07. The Morgan fingerprint density at radius 3 is 2.72 bits per heavy atom. The summed E-state index contributed by atoms with van der Waals surface area (Å²) < 4.78 is 7.32. The van der Waals surface area contributed by atoms with Crippen LogP contribution in [0.5, 0.6) is 5.75 Å². The van der Waals surface area contributed by atoms with Crippen molar-refractivity contribution in [3.8, 4) is 5.75 Å². The quantitative estimate of drug-likeness (QED) is 0.849. The number of aryl methyl sites for hydroxylation is 1. The van der Waals surface area contributed by atoms with E-state index in [9.17, 15) is 4.79 Å². The molecule has 1 aromatic heterocycles. The minimum atomic E-state index is -0.588. The topological polar surface area (TPSA) is 43.6 Å². The molecule has 0 aliphatic rings. The predicted octanol–water partition coefficient (Wildman–Crippen LogP) is 1.98. The summed E-state index contributed by atoms with van der Waals surface area (Å²) in [6, 6.07) is 9.26. The summed E-state index contributed by atoms with van der Waals surface area (Å²) in [5.41, 5.74) is 0. The number of aromatic nitrogens is 1. The molecule has 2 rings (SSSR count). The van der Waals surface area contributed by atoms with Crippen LogP contribution in [0.25, 0.3) is 0 Å². The number of rotatable bonds is 3. The number of nitrogens with zero attached hydrogens (tertiary/aromatic N) is 2. The SMILES string of the molecule is CC(Oc1ccccc1)C(=O)N=c1sccn1C. The van der Waals surface area contributed by atoms with E-state index in [1.54, 1.807) is 11.5 Å². The minimum absolute atomic E-state index is 0.281. The Bertz CT molecular complexity index is 586. The Morgan fingerprint density at radius 1 is 1.39 bits per heavy atom. The molecule has 1 unspecified atom stereocenters. The molecule has 1 atom stereocenters. The summed E-state index contributed by atoms with van der Waals surface area (Å²) in [7, 11) is 1.85. The highest BCUT2D eigenvalue weighted by Crippen LogP contribution is 2.11. The Kier molecular flexibility index (Phi) is 3.94. The van der Waals surface area contributed by atoms with Crippen LogP contribution in [0.2, 0.25) is 0 Å². The first-order valence-electron chi connectivity index (χ1n) is 5.57. The minimum Gasteiger partial charge on any atom is -0.481 e. The Morgan fingerprint density at radius 2 is 2.11 bits per heavy atom. The van der Waals surface area contributed by atoms with E-state index >= 15 is 0 Å². The van der Waals surface area contributed by atoms with Gasteiger partial charge in [0, 0.05) is 18.6 Å². The summed E-state index contributed by atoms with van der Waals surface area (Å²) in [6.07, 6.45) is 1.27. The van der Waals surface area contributed by atoms with Crippen LogP contribution in [0.3, 0.4) is 0 Å². The molecule has 0 spiro atoms. The van der Waals surface area contributed by atoms with Crippen molar-refractivity contribution >= 4 is 17.2 Å². The lowest BCUT2D eigenvalue weighted by atomic mass is 10.3. The van der Waals surface area contributed by atoms with Gasteiger partial charge in [-0.2, -0.15) is 4.99 Å². The average Bonchev–Trinajstić information content (AvgIpc) is 2.76. The standard InChI is InChI=1S/C13H14N2O2S/c1-10(17-11-6-4-3-5-7-11)12(16)14-13-15(2)8-9-18-13/h3-10H,1-2H3. The third-order valence-electron chi connectivity index (χ3n) is 2.37. The first-order valence-corrected chi connectivity index (χ1v) is 6.45. The number of ether oxygens (including phenoxy) is 1. The van der Waals surface area contributed by atoms with E-state index in [0.717, 1.165) is 0 Å². The summed E-state index contributed by atoms with van der Waals surface area (Å²) >= 11 is 1.42. The van der Waals surface area contributed by atoms with E-state index < -0.39 is 6.10 Å². The monoisotopic (exact) mass is 262 g/mol. The van der Waals surface area contributed by atoms with E-state index in [4.69, 9.17) is 4.74 Å². The highest BCUT2D eigenvalue weighted by atomic mass is 32.1. The maximum Gasteiger partial charge on any atom is 0.289 e. The van der Waals surface area contributed by atoms with Crippen molar-refractivity contribution in [2.75, 3.05) is 0 Å². The zero-order valence-electron chi connectivity index (χ0n) is 10.2. The second-order valence-corrected chi connectivity index (χ2v) is 4.69. The fourth-order valence-electron chi connectivity index (χ4n) is 1.37. The van der Waals surface area contributed by atoms with Crippen LogP contribution >= 0.6 is 11.3 Å². The van der Waals surface area contributed by atoms with Crippen molar-refractivity contribution in [1.82, 2.24) is 4.57 Å². The van der Waals surface area contributed by atoms with Gasteiger partial charge in [-0.05, 0) is 19.1 Å². The number of hydrogen-bond donors (Lipinski definition) is 0. The molecule has 0 saturated carbocycles. The maximum atomic E-state index is 11.9. The van der Waals surface area contributed by atoms with Gasteiger partial charge in [-0.3, -0.25) is 4.79 Å². The third kappa shape index (κ3) is 3.07. The van der Waals surface area contributed by atoms with Gasteiger partial charge in [0.1, 0.15) is 5.75 Å². The lowest BCUT2D eigenvalue weighted by Gasteiger charge is -2.10. The van der Waals surface area contributed by atoms with Gasteiger partial charge in [0.05, 0.1) is 0 Å². The van der Waals surface area contributed by atoms with Crippen LogP contribution in [0.4, 0.5) is 0 Å². The molecule has 2 aromatic rings. The highest BCUT2D eigenvalue weighted by Gasteiger charge is 2.13. The first kappa shape index (κ1) is 12.6. The number of thiazole rings is 1. The van der Waals surface area contributed by atoms with E-state index in [1.165, 1.54) is 11.3 Å². The van der Waals surface area contributed by atoms with Gasteiger partial charge in [-0.1, -0.05) is 18.2 Å². The number of hydrogen-bond acceptors (Lipinski definition) is 3. The van der Waals surface area contributed by atoms with Crippen LogP contribution in [0.1, 0.15) is 6.92 Å². The smallest absolute Gasteiger partial charge is 0.289 e. The summed E-state index contributed by atoms with van der Waals surface area (Å²) in [5.74, 6) is 0.390. The van der Waals surface area contributed by atoms with Crippen molar-refractivity contribution in [3.63, 3.8) is 0 Å². The number of amides is 1. The van der Waals surface area contributed by atoms with Crippen LogP contribution in [0.15, 0.2) is 46.9 Å². The van der Waals surface area contributed by atoms with Gasteiger partial charge in [0.15, 0.2) is 10.9 Å². The molecule has 1 aromatic carbocycles. The second-order valence-electron chi connectivity index (χ2n) is 3.82. The van der Waals surface area contributed by atoms with Gasteiger partial charge in [0.25, 0.3) is 5.91 Å². The van der Waals surface area contributed by atoms with Crippen molar-refractivity contribution in [2.45, 2.75) is 13.0 Å². The predicted molar refractivity (Wildman–Crippen MR) is 70.4 cm³/mol. The molecule has 0 fully saturated rings. The molecule has 18 heavy (non-hydrogen) atoms. The van der Waals surface area contributed by atoms with Crippen molar-refractivity contribution < 1.29 is 9.53 Å². The Balaban J connectivity index is 2.09. The molecular formula is C13H14N2O2S. The molecule has 94 valence electrons. The van der Waals surface area contributed by atoms with Gasteiger partial charge in [-0.25, -0.2) is 0 Å². The van der Waals surface area contributed by atoms with Crippen LogP contribution in [0, 0.1) is 0 Å². The molecule has 1 amide bonds. The zero-order chi connectivity index (χ0) is 13.0. The maximum absolute atomic E-state index is 11.9. The van der Waals surface area contributed by atoms with Crippen LogP contribution in [-0.2, 0) is 11.8 Å². The largest absolute Gasteiger partial charge is 0.481 e. The van der Waals surface area contributed by atoms with E-state index in [-0.39, 0.29) is 5.91 Å². The van der Waals surface area contributed by atoms with Gasteiger partial charge in [0.2, 0.25) is 0 Å². The van der Waals surface area contributed by atoms with E-state index in [2.05, 4.69) is 4.99 Å². The molecule has 0 aliphatic heterocycles. The van der Waals surface area contributed by atoms with Crippen molar-refractivity contribution in [2.24, 2.45) is 12.0 Å². The van der Waals surface area contributed by atoms with Gasteiger partial charge in [-0.15, -0.1) is 11.3 Å². The molecule has 0 bridgehead atoms. The van der Waals surface area contributed by atoms with Gasteiger partial charge < -0.3 is 9.30 Å². The van der Waals surface area contributed by atoms with Gasteiger partial charge >= 0.3 is 0 Å². The Labute approximate surface area is 109 Å². The third-order valence-corrected chi connectivity index (χ3v) is 3.22. The molecule has 5 heteroatoms. The zero-order valence-corrected chi connectivity index (χ0v) is 11.1. The summed E-state index contributed by atoms with van der Waals surface area (Å²) in [5, 5.41) is 1.88. The fourth-order valence-corrected chi connectivity index (χ4v) is 2.11. The number of benzene rings is 1. The molecular weight excluding hydrogens is 248 g/mol.